The molecular weight excluding hydrogens is 499 g/mol. The molecule has 3 fully saturated rings. The number of urea groups is 1. The van der Waals surface area contributed by atoms with E-state index in [1.165, 1.54) is 4.90 Å². The lowest BCUT2D eigenvalue weighted by molar-refractivity contribution is -0.143. The second-order valence-corrected chi connectivity index (χ2v) is 10.3. The summed E-state index contributed by atoms with van der Waals surface area (Å²) in [6.45, 7) is 6.59. The number of ether oxygens (including phenoxy) is 2. The number of rotatable bonds is 6. The Morgan fingerprint density at radius 3 is 2.63 bits per heavy atom. The molecule has 206 valence electrons. The summed E-state index contributed by atoms with van der Waals surface area (Å²) in [7, 11) is 0. The molecule has 38 heavy (non-hydrogen) atoms. The largest absolute Gasteiger partial charge is 0.389 e. The number of hydrogen-bond donors (Lipinski definition) is 2. The summed E-state index contributed by atoms with van der Waals surface area (Å²) in [6, 6.07) is 9.56. The molecule has 1 aromatic carbocycles. The number of carbonyl (C=O) groups is 1. The maximum atomic E-state index is 12.8. The number of amides is 2. The SMILES string of the molecule is Cc1ccc(NC(=O)N2CC[C@@H](CC(F)(F)F)C2)cc1-c1cc(N[C@H]2CCOC2)nc(N2CCOCC2)c1. The van der Waals surface area contributed by atoms with Gasteiger partial charge in [0, 0.05) is 44.9 Å². The van der Waals surface area contributed by atoms with E-state index in [0.717, 1.165) is 54.4 Å². The minimum atomic E-state index is -4.22. The minimum absolute atomic E-state index is 0.108. The molecule has 0 bridgehead atoms. The summed E-state index contributed by atoms with van der Waals surface area (Å²) in [4.78, 5) is 21.4. The van der Waals surface area contributed by atoms with Crippen LogP contribution in [0, 0.1) is 12.8 Å². The van der Waals surface area contributed by atoms with Crippen molar-refractivity contribution >= 4 is 23.4 Å². The highest BCUT2D eigenvalue weighted by molar-refractivity contribution is 5.91. The van der Waals surface area contributed by atoms with E-state index in [-0.39, 0.29) is 18.6 Å². The van der Waals surface area contributed by atoms with Crippen molar-refractivity contribution in [3.8, 4) is 11.1 Å². The first-order valence-corrected chi connectivity index (χ1v) is 13.2. The minimum Gasteiger partial charge on any atom is -0.379 e. The number of nitrogens with one attached hydrogen (secondary N) is 2. The van der Waals surface area contributed by atoms with Crippen LogP contribution in [-0.2, 0) is 9.47 Å². The second kappa shape index (κ2) is 11.4. The third-order valence-corrected chi connectivity index (χ3v) is 7.32. The van der Waals surface area contributed by atoms with Crippen molar-refractivity contribution in [2.24, 2.45) is 5.92 Å². The maximum Gasteiger partial charge on any atom is 0.389 e. The van der Waals surface area contributed by atoms with Crippen molar-refractivity contribution in [1.29, 1.82) is 0 Å². The zero-order chi connectivity index (χ0) is 26.7. The maximum absolute atomic E-state index is 12.8. The van der Waals surface area contributed by atoms with Crippen LogP contribution in [-0.4, -0.2) is 80.7 Å². The number of pyridine rings is 1. The zero-order valence-corrected chi connectivity index (χ0v) is 21.5. The summed E-state index contributed by atoms with van der Waals surface area (Å²) in [5, 5.41) is 6.39. The third-order valence-electron chi connectivity index (χ3n) is 7.32. The van der Waals surface area contributed by atoms with Crippen LogP contribution in [0.5, 0.6) is 0 Å². The van der Waals surface area contributed by atoms with E-state index < -0.39 is 18.5 Å². The van der Waals surface area contributed by atoms with Crippen LogP contribution in [0.1, 0.15) is 24.8 Å². The molecule has 3 saturated heterocycles. The average molecular weight is 534 g/mol. The van der Waals surface area contributed by atoms with Gasteiger partial charge in [0.2, 0.25) is 0 Å². The Morgan fingerprint density at radius 2 is 1.89 bits per heavy atom. The highest BCUT2D eigenvalue weighted by Crippen LogP contribution is 2.33. The fourth-order valence-corrected chi connectivity index (χ4v) is 5.28. The lowest BCUT2D eigenvalue weighted by Gasteiger charge is -2.29. The summed E-state index contributed by atoms with van der Waals surface area (Å²) < 4.78 is 49.3. The van der Waals surface area contributed by atoms with Gasteiger partial charge < -0.3 is 29.9 Å². The van der Waals surface area contributed by atoms with E-state index >= 15 is 0 Å². The number of hydrogen-bond acceptors (Lipinski definition) is 6. The smallest absolute Gasteiger partial charge is 0.379 e. The first-order valence-electron chi connectivity index (χ1n) is 13.2. The van der Waals surface area contributed by atoms with Crippen molar-refractivity contribution in [2.75, 3.05) is 68.1 Å². The molecule has 3 aliphatic rings. The Bertz CT molecular complexity index is 1130. The number of benzene rings is 1. The molecule has 2 atom stereocenters. The number of aryl methyl sites for hydroxylation is 1. The molecular formula is C27H34F3N5O3. The van der Waals surface area contributed by atoms with E-state index in [9.17, 15) is 18.0 Å². The van der Waals surface area contributed by atoms with Gasteiger partial charge in [-0.3, -0.25) is 0 Å². The Morgan fingerprint density at radius 1 is 1.08 bits per heavy atom. The van der Waals surface area contributed by atoms with E-state index in [4.69, 9.17) is 14.5 Å². The van der Waals surface area contributed by atoms with Crippen molar-refractivity contribution in [1.82, 2.24) is 9.88 Å². The number of anilines is 3. The highest BCUT2D eigenvalue weighted by Gasteiger charge is 2.36. The summed E-state index contributed by atoms with van der Waals surface area (Å²) in [5.41, 5.74) is 3.53. The fraction of sp³-hybridized carbons (Fsp3) is 0.556. The molecule has 2 N–H and O–H groups in total. The summed E-state index contributed by atoms with van der Waals surface area (Å²) in [5.74, 6) is 1.07. The number of morpholine rings is 1. The molecule has 0 radical (unpaired) electrons. The van der Waals surface area contributed by atoms with E-state index in [0.29, 0.717) is 38.5 Å². The fourth-order valence-electron chi connectivity index (χ4n) is 5.28. The van der Waals surface area contributed by atoms with Crippen molar-refractivity contribution in [3.63, 3.8) is 0 Å². The first-order chi connectivity index (χ1) is 18.2. The lowest BCUT2D eigenvalue weighted by atomic mass is 10.00. The van der Waals surface area contributed by atoms with E-state index in [1.54, 1.807) is 0 Å². The molecule has 11 heteroatoms. The van der Waals surface area contributed by atoms with Gasteiger partial charge in [-0.15, -0.1) is 0 Å². The number of carbonyl (C=O) groups excluding carboxylic acids is 1. The van der Waals surface area contributed by atoms with Crippen LogP contribution < -0.4 is 15.5 Å². The number of aromatic nitrogens is 1. The molecule has 0 spiro atoms. The van der Waals surface area contributed by atoms with Crippen LogP contribution in [0.3, 0.4) is 0 Å². The van der Waals surface area contributed by atoms with E-state index in [2.05, 4.69) is 21.6 Å². The predicted octanol–water partition coefficient (Wildman–Crippen LogP) is 4.90. The van der Waals surface area contributed by atoms with E-state index in [1.807, 2.05) is 31.2 Å². The normalized spacial score (nSPS) is 22.1. The second-order valence-electron chi connectivity index (χ2n) is 10.3. The molecule has 3 aliphatic heterocycles. The Kier molecular flexibility index (Phi) is 7.94. The predicted molar refractivity (Wildman–Crippen MR) is 140 cm³/mol. The molecule has 2 aromatic rings. The molecule has 5 rings (SSSR count). The van der Waals surface area contributed by atoms with Crippen LogP contribution in [0.25, 0.3) is 11.1 Å². The molecule has 8 nitrogen and oxygen atoms in total. The Hall–Kier alpha value is -3.05. The van der Waals surface area contributed by atoms with Gasteiger partial charge in [-0.25, -0.2) is 9.78 Å². The quantitative estimate of drug-likeness (QED) is 0.550. The average Bonchev–Trinajstić information content (AvgIpc) is 3.57. The summed E-state index contributed by atoms with van der Waals surface area (Å²) >= 11 is 0. The molecule has 4 heterocycles. The number of alkyl halides is 3. The topological polar surface area (TPSA) is 79.0 Å². The van der Waals surface area contributed by atoms with Crippen LogP contribution in [0.2, 0.25) is 0 Å². The molecule has 0 saturated carbocycles. The van der Waals surface area contributed by atoms with Gasteiger partial charge in [-0.2, -0.15) is 13.2 Å². The zero-order valence-electron chi connectivity index (χ0n) is 21.5. The first kappa shape index (κ1) is 26.6. The molecule has 0 aliphatic carbocycles. The van der Waals surface area contributed by atoms with Gasteiger partial charge in [0.15, 0.2) is 0 Å². The van der Waals surface area contributed by atoms with Crippen molar-refractivity contribution in [3.05, 3.63) is 35.9 Å². The van der Waals surface area contributed by atoms with Crippen molar-refractivity contribution in [2.45, 2.75) is 38.4 Å². The number of likely N-dealkylation sites (tertiary alicyclic amines) is 1. The molecule has 0 unspecified atom stereocenters. The number of nitrogens with zero attached hydrogens (tertiary/aromatic N) is 3. The van der Waals surface area contributed by atoms with Gasteiger partial charge in [0.25, 0.3) is 0 Å². The van der Waals surface area contributed by atoms with Crippen molar-refractivity contribution < 1.29 is 27.4 Å². The molecule has 2 amide bonds. The van der Waals surface area contributed by atoms with Gasteiger partial charge in [0.1, 0.15) is 11.6 Å². The van der Waals surface area contributed by atoms with Gasteiger partial charge >= 0.3 is 12.2 Å². The number of halogens is 3. The monoisotopic (exact) mass is 533 g/mol. The van der Waals surface area contributed by atoms with Gasteiger partial charge in [0.05, 0.1) is 25.9 Å². The van der Waals surface area contributed by atoms with Crippen LogP contribution in [0.15, 0.2) is 30.3 Å². The molecule has 1 aromatic heterocycles. The lowest BCUT2D eigenvalue weighted by Crippen LogP contribution is -2.37. The Labute approximate surface area is 220 Å². The van der Waals surface area contributed by atoms with Gasteiger partial charge in [-0.1, -0.05) is 6.07 Å². The standard InChI is InChI=1S/C27H34F3N5O3/c1-18-2-3-21(32-26(36)35-6-4-19(16-35)15-27(28,29)30)14-23(18)20-12-24(31-22-5-9-38-17-22)33-25(13-20)34-7-10-37-11-8-34/h2-3,12-14,19,22H,4-11,15-17H2,1H3,(H,31,33)(H,32,36)/t19-,22-/m0/s1. The third kappa shape index (κ3) is 6.68. The van der Waals surface area contributed by atoms with Crippen LogP contribution >= 0.6 is 0 Å². The highest BCUT2D eigenvalue weighted by atomic mass is 19.4. The summed E-state index contributed by atoms with van der Waals surface area (Å²) in [6.07, 6.45) is -3.80. The van der Waals surface area contributed by atoms with Crippen LogP contribution in [0.4, 0.5) is 35.3 Å². The van der Waals surface area contributed by atoms with Gasteiger partial charge in [-0.05, 0) is 66.6 Å². The Balaban J connectivity index is 1.36.